The molecule has 0 heterocycles. The van der Waals surface area contributed by atoms with Gasteiger partial charge in [-0.1, -0.05) is 39.0 Å². The standard InChI is InChI=1S/C23H29N3O3/c1-15(2)24-20(27)13-16-9-11-18(12-10-16)25-21(28)17-7-6-8-19(14-17)26-22(29)23(3,4)5/h6-12,14-15H,13H2,1-5H3,(H,24,27)(H,25,28)(H,26,29). The number of carbonyl (C=O) groups is 3. The second kappa shape index (κ2) is 9.37. The number of hydrogen-bond acceptors (Lipinski definition) is 3. The maximum atomic E-state index is 12.5. The Morgan fingerprint density at radius 2 is 1.55 bits per heavy atom. The van der Waals surface area contributed by atoms with Gasteiger partial charge in [0, 0.05) is 28.4 Å². The van der Waals surface area contributed by atoms with E-state index in [0.717, 1.165) is 5.56 Å². The lowest BCUT2D eigenvalue weighted by molar-refractivity contribution is -0.123. The van der Waals surface area contributed by atoms with E-state index in [1.165, 1.54) is 0 Å². The Labute approximate surface area is 172 Å². The fraction of sp³-hybridized carbons (Fsp3) is 0.348. The smallest absolute Gasteiger partial charge is 0.255 e. The number of carbonyl (C=O) groups excluding carboxylic acids is 3. The summed E-state index contributed by atoms with van der Waals surface area (Å²) in [7, 11) is 0. The van der Waals surface area contributed by atoms with Crippen molar-refractivity contribution < 1.29 is 14.4 Å². The van der Waals surface area contributed by atoms with Gasteiger partial charge >= 0.3 is 0 Å². The quantitative estimate of drug-likeness (QED) is 0.691. The normalized spacial score (nSPS) is 11.1. The Balaban J connectivity index is 2.00. The van der Waals surface area contributed by atoms with Crippen molar-refractivity contribution in [2.24, 2.45) is 5.41 Å². The number of hydrogen-bond donors (Lipinski definition) is 3. The second-order valence-corrected chi connectivity index (χ2v) is 8.33. The number of amides is 3. The monoisotopic (exact) mass is 395 g/mol. The zero-order chi connectivity index (χ0) is 21.6. The molecule has 3 N–H and O–H groups in total. The van der Waals surface area contributed by atoms with Crippen molar-refractivity contribution in [2.75, 3.05) is 10.6 Å². The first-order valence-corrected chi connectivity index (χ1v) is 9.66. The van der Waals surface area contributed by atoms with Crippen LogP contribution in [0.2, 0.25) is 0 Å². The molecule has 3 amide bonds. The third kappa shape index (κ3) is 7.07. The van der Waals surface area contributed by atoms with Gasteiger partial charge in [-0.2, -0.15) is 0 Å². The van der Waals surface area contributed by atoms with Crippen molar-refractivity contribution in [1.29, 1.82) is 0 Å². The van der Waals surface area contributed by atoms with E-state index < -0.39 is 5.41 Å². The lowest BCUT2D eigenvalue weighted by atomic mass is 9.95. The molecule has 0 aliphatic rings. The molecule has 0 radical (unpaired) electrons. The first-order chi connectivity index (χ1) is 13.5. The summed E-state index contributed by atoms with van der Waals surface area (Å²) in [5, 5.41) is 8.50. The van der Waals surface area contributed by atoms with E-state index in [4.69, 9.17) is 0 Å². The molecule has 0 saturated carbocycles. The Morgan fingerprint density at radius 3 is 2.14 bits per heavy atom. The van der Waals surface area contributed by atoms with Gasteiger partial charge in [0.05, 0.1) is 6.42 Å². The number of nitrogens with one attached hydrogen (secondary N) is 3. The van der Waals surface area contributed by atoms with E-state index in [1.807, 2.05) is 46.8 Å². The zero-order valence-electron chi connectivity index (χ0n) is 17.6. The van der Waals surface area contributed by atoms with Crippen LogP contribution in [0, 0.1) is 5.41 Å². The number of benzene rings is 2. The minimum atomic E-state index is -0.522. The molecule has 0 aliphatic heterocycles. The first kappa shape index (κ1) is 22.1. The molecule has 0 fully saturated rings. The van der Waals surface area contributed by atoms with E-state index in [0.29, 0.717) is 23.4 Å². The van der Waals surface area contributed by atoms with Crippen LogP contribution in [0.4, 0.5) is 11.4 Å². The van der Waals surface area contributed by atoms with E-state index >= 15 is 0 Å². The van der Waals surface area contributed by atoms with Crippen LogP contribution in [-0.2, 0) is 16.0 Å². The average molecular weight is 396 g/mol. The summed E-state index contributed by atoms with van der Waals surface area (Å²) >= 11 is 0. The highest BCUT2D eigenvalue weighted by Gasteiger charge is 2.21. The molecule has 6 heteroatoms. The summed E-state index contributed by atoms with van der Waals surface area (Å²) in [6.07, 6.45) is 0.294. The molecule has 154 valence electrons. The Hall–Kier alpha value is -3.15. The largest absolute Gasteiger partial charge is 0.354 e. The van der Waals surface area contributed by atoms with Crippen molar-refractivity contribution in [1.82, 2.24) is 5.32 Å². The van der Waals surface area contributed by atoms with E-state index in [-0.39, 0.29) is 23.8 Å². The summed E-state index contributed by atoms with van der Waals surface area (Å²) in [6, 6.07) is 14.1. The predicted octanol–water partition coefficient (Wildman–Crippen LogP) is 3.99. The molecule has 2 rings (SSSR count). The third-order valence-corrected chi connectivity index (χ3v) is 4.09. The van der Waals surface area contributed by atoms with Crippen LogP contribution in [0.15, 0.2) is 48.5 Å². The summed E-state index contributed by atoms with van der Waals surface area (Å²) < 4.78 is 0. The molecule has 29 heavy (non-hydrogen) atoms. The van der Waals surface area contributed by atoms with Gasteiger partial charge in [0.25, 0.3) is 5.91 Å². The fourth-order valence-corrected chi connectivity index (χ4v) is 2.52. The average Bonchev–Trinajstić information content (AvgIpc) is 2.62. The molecule has 0 bridgehead atoms. The summed E-state index contributed by atoms with van der Waals surface area (Å²) in [6.45, 7) is 9.32. The molecule has 0 aliphatic carbocycles. The van der Waals surface area contributed by atoms with Gasteiger partial charge in [-0.3, -0.25) is 14.4 Å². The van der Waals surface area contributed by atoms with Crippen LogP contribution < -0.4 is 16.0 Å². The first-order valence-electron chi connectivity index (χ1n) is 9.66. The molecular formula is C23H29N3O3. The minimum Gasteiger partial charge on any atom is -0.354 e. The van der Waals surface area contributed by atoms with Gasteiger partial charge in [0.15, 0.2) is 0 Å². The van der Waals surface area contributed by atoms with E-state index in [2.05, 4.69) is 16.0 Å². The summed E-state index contributed by atoms with van der Waals surface area (Å²) in [4.78, 5) is 36.5. The molecule has 2 aromatic rings. The maximum absolute atomic E-state index is 12.5. The van der Waals surface area contributed by atoms with Gasteiger partial charge in [-0.05, 0) is 49.7 Å². The number of anilines is 2. The van der Waals surface area contributed by atoms with Crippen LogP contribution in [0.3, 0.4) is 0 Å². The van der Waals surface area contributed by atoms with Crippen LogP contribution in [0.25, 0.3) is 0 Å². The van der Waals surface area contributed by atoms with Gasteiger partial charge in [-0.25, -0.2) is 0 Å². The van der Waals surface area contributed by atoms with Crippen LogP contribution >= 0.6 is 0 Å². The zero-order valence-corrected chi connectivity index (χ0v) is 17.6. The van der Waals surface area contributed by atoms with Crippen LogP contribution in [-0.4, -0.2) is 23.8 Å². The molecule has 0 aromatic heterocycles. The Morgan fingerprint density at radius 1 is 0.897 bits per heavy atom. The maximum Gasteiger partial charge on any atom is 0.255 e. The van der Waals surface area contributed by atoms with Gasteiger partial charge in [0.1, 0.15) is 0 Å². The highest BCUT2D eigenvalue weighted by atomic mass is 16.2. The summed E-state index contributed by atoms with van der Waals surface area (Å²) in [5.74, 6) is -0.430. The van der Waals surface area contributed by atoms with Gasteiger partial charge in [0.2, 0.25) is 11.8 Å². The third-order valence-electron chi connectivity index (χ3n) is 4.09. The topological polar surface area (TPSA) is 87.3 Å². The molecule has 0 unspecified atom stereocenters. The minimum absolute atomic E-state index is 0.0362. The molecule has 2 aromatic carbocycles. The van der Waals surface area contributed by atoms with Crippen molar-refractivity contribution in [3.63, 3.8) is 0 Å². The Kier molecular flexibility index (Phi) is 7.15. The van der Waals surface area contributed by atoms with Crippen LogP contribution in [0.5, 0.6) is 0 Å². The SMILES string of the molecule is CC(C)NC(=O)Cc1ccc(NC(=O)c2cccc(NC(=O)C(C)(C)C)c2)cc1. The highest BCUT2D eigenvalue weighted by Crippen LogP contribution is 2.19. The lowest BCUT2D eigenvalue weighted by Gasteiger charge is -2.18. The molecule has 0 spiro atoms. The van der Waals surface area contributed by atoms with Gasteiger partial charge in [-0.15, -0.1) is 0 Å². The molecular weight excluding hydrogens is 366 g/mol. The van der Waals surface area contributed by atoms with Gasteiger partial charge < -0.3 is 16.0 Å². The Bertz CT molecular complexity index is 881. The van der Waals surface area contributed by atoms with Crippen molar-refractivity contribution in [3.8, 4) is 0 Å². The van der Waals surface area contributed by atoms with Crippen LogP contribution in [0.1, 0.15) is 50.5 Å². The molecule has 0 atom stereocenters. The van der Waals surface area contributed by atoms with Crippen molar-refractivity contribution >= 4 is 29.1 Å². The van der Waals surface area contributed by atoms with E-state index in [9.17, 15) is 14.4 Å². The predicted molar refractivity (Wildman–Crippen MR) is 116 cm³/mol. The molecule has 0 saturated heterocycles. The second-order valence-electron chi connectivity index (χ2n) is 8.33. The lowest BCUT2D eigenvalue weighted by Crippen LogP contribution is -2.31. The van der Waals surface area contributed by atoms with Crippen molar-refractivity contribution in [3.05, 3.63) is 59.7 Å². The number of rotatable bonds is 6. The summed E-state index contributed by atoms with van der Waals surface area (Å²) in [5.41, 5.74) is 1.99. The highest BCUT2D eigenvalue weighted by molar-refractivity contribution is 6.05. The van der Waals surface area contributed by atoms with E-state index in [1.54, 1.807) is 36.4 Å². The molecule has 6 nitrogen and oxygen atoms in total. The fourth-order valence-electron chi connectivity index (χ4n) is 2.52. The van der Waals surface area contributed by atoms with Crippen molar-refractivity contribution in [2.45, 2.75) is 47.1 Å².